The van der Waals surface area contributed by atoms with Crippen molar-refractivity contribution in [2.24, 2.45) is 4.99 Å². The molecule has 0 radical (unpaired) electrons. The maximum Gasteiger partial charge on any atom is 0.416 e. The molecule has 0 spiro atoms. The van der Waals surface area contributed by atoms with Gasteiger partial charge in [0.05, 0.1) is 5.56 Å². The third-order valence-corrected chi connectivity index (χ3v) is 3.42. The van der Waals surface area contributed by atoms with Gasteiger partial charge < -0.3 is 10.1 Å². The fourth-order valence-corrected chi connectivity index (χ4v) is 2.27. The van der Waals surface area contributed by atoms with Crippen molar-refractivity contribution in [1.82, 2.24) is 5.32 Å². The molecule has 0 aliphatic carbocycles. The SMILES string of the molecule is CCCC(Oc1ccc(C2C=N2)c(C(F)(F)F)c1)C(=O)NCC. The van der Waals surface area contributed by atoms with E-state index >= 15 is 0 Å². The van der Waals surface area contributed by atoms with Gasteiger partial charge in [-0.3, -0.25) is 9.79 Å². The van der Waals surface area contributed by atoms with Crippen LogP contribution in [0, 0.1) is 0 Å². The summed E-state index contributed by atoms with van der Waals surface area (Å²) in [6, 6.07) is 3.25. The van der Waals surface area contributed by atoms with E-state index < -0.39 is 23.9 Å². The van der Waals surface area contributed by atoms with E-state index in [0.29, 0.717) is 19.4 Å². The van der Waals surface area contributed by atoms with E-state index in [1.54, 1.807) is 6.92 Å². The number of aliphatic imine (C=N–C) groups is 1. The topological polar surface area (TPSA) is 50.7 Å². The van der Waals surface area contributed by atoms with Crippen molar-refractivity contribution in [3.05, 3.63) is 29.3 Å². The van der Waals surface area contributed by atoms with Gasteiger partial charge in [-0.25, -0.2) is 0 Å². The molecule has 1 heterocycles. The number of rotatable bonds is 7. The number of amides is 1. The summed E-state index contributed by atoms with van der Waals surface area (Å²) in [6.07, 6.45) is -2.72. The largest absolute Gasteiger partial charge is 0.481 e. The third-order valence-electron chi connectivity index (χ3n) is 3.42. The second kappa shape index (κ2) is 7.02. The first-order chi connectivity index (χ1) is 10.9. The zero-order chi connectivity index (χ0) is 17.0. The lowest BCUT2D eigenvalue weighted by Gasteiger charge is -2.19. The maximum atomic E-state index is 13.2. The van der Waals surface area contributed by atoms with Crippen LogP contribution in [0.1, 0.15) is 43.9 Å². The van der Waals surface area contributed by atoms with Gasteiger partial charge in [0.25, 0.3) is 5.91 Å². The first-order valence-corrected chi connectivity index (χ1v) is 7.55. The number of benzene rings is 1. The average molecular weight is 328 g/mol. The Balaban J connectivity index is 2.23. The number of likely N-dealkylation sites (N-methyl/N-ethyl adjacent to an activating group) is 1. The fraction of sp³-hybridized carbons (Fsp3) is 0.500. The molecular formula is C16H19F3N2O2. The molecule has 126 valence electrons. The minimum absolute atomic E-state index is 0.0337. The molecule has 2 atom stereocenters. The maximum absolute atomic E-state index is 13.2. The molecule has 1 amide bonds. The van der Waals surface area contributed by atoms with Gasteiger partial charge in [0.15, 0.2) is 6.10 Å². The predicted molar refractivity (Wildman–Crippen MR) is 80.7 cm³/mol. The van der Waals surface area contributed by atoms with Crippen molar-refractivity contribution in [2.45, 2.75) is 45.0 Å². The Kier molecular flexibility index (Phi) is 5.28. The van der Waals surface area contributed by atoms with Gasteiger partial charge in [-0.15, -0.1) is 0 Å². The van der Waals surface area contributed by atoms with Crippen molar-refractivity contribution in [1.29, 1.82) is 0 Å². The quantitative estimate of drug-likeness (QED) is 0.833. The van der Waals surface area contributed by atoms with Gasteiger partial charge in [0.1, 0.15) is 11.8 Å². The summed E-state index contributed by atoms with van der Waals surface area (Å²) in [6.45, 7) is 4.09. The van der Waals surface area contributed by atoms with Crippen molar-refractivity contribution < 1.29 is 22.7 Å². The monoisotopic (exact) mass is 328 g/mol. The van der Waals surface area contributed by atoms with E-state index in [4.69, 9.17) is 4.74 Å². The van der Waals surface area contributed by atoms with Crippen LogP contribution in [0.2, 0.25) is 0 Å². The number of alkyl halides is 3. The number of halogens is 3. The molecule has 4 nitrogen and oxygen atoms in total. The smallest absolute Gasteiger partial charge is 0.416 e. The first kappa shape index (κ1) is 17.3. The van der Waals surface area contributed by atoms with Crippen molar-refractivity contribution in [3.8, 4) is 5.75 Å². The third kappa shape index (κ3) is 4.46. The molecule has 7 heteroatoms. The molecule has 0 aromatic heterocycles. The summed E-state index contributed by atoms with van der Waals surface area (Å²) in [7, 11) is 0. The second-order valence-electron chi connectivity index (χ2n) is 5.28. The standard InChI is InChI=1S/C16H19F3N2O2/c1-3-5-14(15(22)20-4-2)23-10-6-7-11(13-9-21-13)12(8-10)16(17,18)19/h6-9,13-14H,3-5H2,1-2H3,(H,20,22). The molecule has 23 heavy (non-hydrogen) atoms. The number of carbonyl (C=O) groups excluding carboxylic acids is 1. The highest BCUT2D eigenvalue weighted by atomic mass is 19.4. The number of hydrogen-bond donors (Lipinski definition) is 1. The molecule has 0 saturated heterocycles. The molecular weight excluding hydrogens is 309 g/mol. The minimum Gasteiger partial charge on any atom is -0.481 e. The van der Waals surface area contributed by atoms with Crippen LogP contribution >= 0.6 is 0 Å². The summed E-state index contributed by atoms with van der Waals surface area (Å²) in [5.41, 5.74) is -0.668. The second-order valence-corrected chi connectivity index (χ2v) is 5.28. The van der Waals surface area contributed by atoms with E-state index in [9.17, 15) is 18.0 Å². The lowest BCUT2D eigenvalue weighted by atomic mass is 10.0. The highest BCUT2D eigenvalue weighted by Crippen LogP contribution is 2.40. The molecule has 0 bridgehead atoms. The number of hydrogen-bond acceptors (Lipinski definition) is 3. The summed E-state index contributed by atoms with van der Waals surface area (Å²) in [5.74, 6) is -0.288. The Labute approximate surface area is 132 Å². The van der Waals surface area contributed by atoms with Crippen LogP contribution in [0.25, 0.3) is 0 Å². The average Bonchev–Trinajstić information content (AvgIpc) is 3.30. The van der Waals surface area contributed by atoms with E-state index in [1.807, 2.05) is 6.92 Å². The van der Waals surface area contributed by atoms with Gasteiger partial charge in [-0.05, 0) is 31.0 Å². The van der Waals surface area contributed by atoms with E-state index in [-0.39, 0.29) is 17.2 Å². The molecule has 1 aromatic carbocycles. The molecule has 2 unspecified atom stereocenters. The van der Waals surface area contributed by atoms with Crippen LogP contribution in [0.15, 0.2) is 23.2 Å². The molecule has 1 N–H and O–H groups in total. The Morgan fingerprint density at radius 2 is 2.09 bits per heavy atom. The number of ether oxygens (including phenoxy) is 1. The number of carbonyl (C=O) groups is 1. The molecule has 1 aliphatic rings. The zero-order valence-electron chi connectivity index (χ0n) is 13.0. The van der Waals surface area contributed by atoms with Crippen LogP contribution in [-0.4, -0.2) is 24.8 Å². The molecule has 0 fully saturated rings. The highest BCUT2D eigenvalue weighted by Gasteiger charge is 2.37. The number of nitrogens with zero attached hydrogens (tertiary/aromatic N) is 1. The minimum atomic E-state index is -4.49. The summed E-state index contributed by atoms with van der Waals surface area (Å²) >= 11 is 0. The lowest BCUT2D eigenvalue weighted by Crippen LogP contribution is -2.38. The van der Waals surface area contributed by atoms with Crippen LogP contribution < -0.4 is 10.1 Å². The highest BCUT2D eigenvalue weighted by molar-refractivity contribution is 5.81. The van der Waals surface area contributed by atoms with Crippen molar-refractivity contribution >= 4 is 12.1 Å². The molecule has 2 rings (SSSR count). The Morgan fingerprint density at radius 1 is 1.39 bits per heavy atom. The molecule has 0 saturated carbocycles. The Morgan fingerprint density at radius 3 is 2.61 bits per heavy atom. The number of nitrogens with one attached hydrogen (secondary N) is 1. The zero-order valence-corrected chi connectivity index (χ0v) is 13.0. The summed E-state index contributed by atoms with van der Waals surface area (Å²) in [5, 5.41) is 2.63. The Bertz CT molecular complexity index is 593. The van der Waals surface area contributed by atoms with Gasteiger partial charge in [0, 0.05) is 12.8 Å². The van der Waals surface area contributed by atoms with Gasteiger partial charge in [-0.2, -0.15) is 13.2 Å². The van der Waals surface area contributed by atoms with Crippen molar-refractivity contribution in [2.75, 3.05) is 6.54 Å². The van der Waals surface area contributed by atoms with Gasteiger partial charge in [-0.1, -0.05) is 19.4 Å². The first-order valence-electron chi connectivity index (χ1n) is 7.55. The van der Waals surface area contributed by atoms with Crippen LogP contribution in [0.4, 0.5) is 13.2 Å². The van der Waals surface area contributed by atoms with E-state index in [0.717, 1.165) is 6.07 Å². The normalized spacial score (nSPS) is 17.7. The van der Waals surface area contributed by atoms with E-state index in [2.05, 4.69) is 10.3 Å². The Hall–Kier alpha value is -2.05. The summed E-state index contributed by atoms with van der Waals surface area (Å²) < 4.78 is 45.1. The molecule has 1 aromatic rings. The predicted octanol–water partition coefficient (Wildman–Crippen LogP) is 3.51. The van der Waals surface area contributed by atoms with Crippen LogP contribution in [-0.2, 0) is 11.0 Å². The fourth-order valence-electron chi connectivity index (χ4n) is 2.27. The van der Waals surface area contributed by atoms with Crippen molar-refractivity contribution in [3.63, 3.8) is 0 Å². The van der Waals surface area contributed by atoms with E-state index in [1.165, 1.54) is 18.3 Å². The summed E-state index contributed by atoms with van der Waals surface area (Å²) in [4.78, 5) is 15.7. The molecule has 1 aliphatic heterocycles. The lowest BCUT2D eigenvalue weighted by molar-refractivity contribution is -0.138. The van der Waals surface area contributed by atoms with Gasteiger partial charge in [0.2, 0.25) is 0 Å². The van der Waals surface area contributed by atoms with Crippen LogP contribution in [0.5, 0.6) is 5.75 Å². The van der Waals surface area contributed by atoms with Gasteiger partial charge >= 0.3 is 6.18 Å². The van der Waals surface area contributed by atoms with Crippen LogP contribution in [0.3, 0.4) is 0 Å².